The number of hydrogen-bond donors (Lipinski definition) is 1. The zero-order chi connectivity index (χ0) is 12.3. The van der Waals surface area contributed by atoms with Crippen LogP contribution in [0.25, 0.3) is 5.82 Å². The first kappa shape index (κ1) is 12.1. The molecule has 2 aromatic rings. The highest BCUT2D eigenvalue weighted by Crippen LogP contribution is 2.23. The molecule has 0 unspecified atom stereocenters. The van der Waals surface area contributed by atoms with Crippen molar-refractivity contribution in [3.63, 3.8) is 0 Å². The van der Waals surface area contributed by atoms with Crippen molar-refractivity contribution < 1.29 is 0 Å². The topological polar surface area (TPSA) is 56.7 Å². The van der Waals surface area contributed by atoms with Crippen LogP contribution in [0.4, 0.5) is 0 Å². The Labute approximate surface area is 105 Å². The molecule has 2 heterocycles. The fraction of sp³-hybridized carbons (Fsp3) is 0.333. The van der Waals surface area contributed by atoms with Crippen molar-refractivity contribution in [2.75, 3.05) is 0 Å². The molecule has 0 saturated carbocycles. The van der Waals surface area contributed by atoms with E-state index in [1.54, 1.807) is 12.4 Å². The van der Waals surface area contributed by atoms with Gasteiger partial charge in [-0.1, -0.05) is 18.5 Å². The fourth-order valence-electron chi connectivity index (χ4n) is 1.73. The van der Waals surface area contributed by atoms with E-state index < -0.39 is 0 Å². The van der Waals surface area contributed by atoms with E-state index in [-0.39, 0.29) is 0 Å². The molecule has 0 radical (unpaired) electrons. The van der Waals surface area contributed by atoms with E-state index in [0.29, 0.717) is 17.4 Å². The molecule has 0 aromatic carbocycles. The lowest BCUT2D eigenvalue weighted by atomic mass is 10.2. The van der Waals surface area contributed by atoms with E-state index in [0.717, 1.165) is 24.2 Å². The van der Waals surface area contributed by atoms with Gasteiger partial charge in [0.1, 0.15) is 5.82 Å². The van der Waals surface area contributed by atoms with Crippen LogP contribution in [0.1, 0.15) is 24.7 Å². The summed E-state index contributed by atoms with van der Waals surface area (Å²) in [6.45, 7) is 2.52. The summed E-state index contributed by atoms with van der Waals surface area (Å²) in [7, 11) is 0. The Morgan fingerprint density at radius 3 is 2.88 bits per heavy atom. The Bertz CT molecular complexity index is 507. The monoisotopic (exact) mass is 250 g/mol. The standard InChI is InChI=1S/C12H15ClN4/c1-2-3-10-15-6-7-17(10)12-11(13)9(8-14)4-5-16-12/h4-7H,2-3,8,14H2,1H3. The van der Waals surface area contributed by atoms with E-state index in [4.69, 9.17) is 17.3 Å². The van der Waals surface area contributed by atoms with Crippen molar-refractivity contribution >= 4 is 11.6 Å². The molecule has 17 heavy (non-hydrogen) atoms. The molecule has 0 aliphatic carbocycles. The molecule has 4 nitrogen and oxygen atoms in total. The fourth-order valence-corrected chi connectivity index (χ4v) is 2.01. The molecule has 2 aromatic heterocycles. The molecule has 0 saturated heterocycles. The summed E-state index contributed by atoms with van der Waals surface area (Å²) in [4.78, 5) is 8.62. The Kier molecular flexibility index (Phi) is 3.76. The van der Waals surface area contributed by atoms with Crippen LogP contribution in [0.3, 0.4) is 0 Å². The van der Waals surface area contributed by atoms with E-state index in [1.165, 1.54) is 0 Å². The second-order valence-electron chi connectivity index (χ2n) is 3.78. The highest BCUT2D eigenvalue weighted by molar-refractivity contribution is 6.32. The summed E-state index contributed by atoms with van der Waals surface area (Å²) in [5.74, 6) is 1.67. The number of nitrogens with zero attached hydrogens (tertiary/aromatic N) is 3. The highest BCUT2D eigenvalue weighted by Gasteiger charge is 2.11. The van der Waals surface area contributed by atoms with Gasteiger partial charge in [0, 0.05) is 31.6 Å². The first-order valence-corrected chi connectivity index (χ1v) is 6.01. The molecule has 2 rings (SSSR count). The lowest BCUT2D eigenvalue weighted by Gasteiger charge is -2.10. The smallest absolute Gasteiger partial charge is 0.157 e. The molecule has 0 amide bonds. The Hall–Kier alpha value is -1.39. The van der Waals surface area contributed by atoms with Crippen molar-refractivity contribution in [3.05, 3.63) is 41.1 Å². The minimum Gasteiger partial charge on any atom is -0.326 e. The second kappa shape index (κ2) is 5.29. The van der Waals surface area contributed by atoms with Crippen molar-refractivity contribution in [2.45, 2.75) is 26.3 Å². The largest absolute Gasteiger partial charge is 0.326 e. The molecule has 0 aliphatic heterocycles. The molecule has 90 valence electrons. The zero-order valence-electron chi connectivity index (χ0n) is 9.73. The lowest BCUT2D eigenvalue weighted by Crippen LogP contribution is -2.06. The number of aryl methyl sites for hydroxylation is 1. The van der Waals surface area contributed by atoms with E-state index in [9.17, 15) is 0 Å². The van der Waals surface area contributed by atoms with Crippen LogP contribution < -0.4 is 5.73 Å². The third-order valence-electron chi connectivity index (χ3n) is 2.59. The van der Waals surface area contributed by atoms with Gasteiger partial charge >= 0.3 is 0 Å². The molecule has 0 atom stereocenters. The van der Waals surface area contributed by atoms with Crippen molar-refractivity contribution in [2.24, 2.45) is 5.73 Å². The lowest BCUT2D eigenvalue weighted by molar-refractivity contribution is 0.797. The van der Waals surface area contributed by atoms with Crippen molar-refractivity contribution in [3.8, 4) is 5.82 Å². The molecule has 0 bridgehead atoms. The molecule has 0 aliphatic rings. The van der Waals surface area contributed by atoms with Gasteiger partial charge in [0.05, 0.1) is 5.02 Å². The highest BCUT2D eigenvalue weighted by atomic mass is 35.5. The number of halogens is 1. The quantitative estimate of drug-likeness (QED) is 0.906. The molecule has 0 spiro atoms. The van der Waals surface area contributed by atoms with Gasteiger partial charge in [-0.2, -0.15) is 0 Å². The molecular weight excluding hydrogens is 236 g/mol. The number of nitrogens with two attached hydrogens (primary N) is 1. The van der Waals surface area contributed by atoms with Crippen LogP contribution in [0, 0.1) is 0 Å². The maximum atomic E-state index is 6.28. The average Bonchev–Trinajstić information content (AvgIpc) is 2.78. The van der Waals surface area contributed by atoms with Crippen LogP contribution in [-0.4, -0.2) is 14.5 Å². The number of imidazole rings is 1. The Morgan fingerprint density at radius 2 is 2.18 bits per heavy atom. The van der Waals surface area contributed by atoms with Gasteiger partial charge in [0.25, 0.3) is 0 Å². The normalized spacial score (nSPS) is 10.8. The van der Waals surface area contributed by atoms with Gasteiger partial charge in [0.15, 0.2) is 5.82 Å². The van der Waals surface area contributed by atoms with E-state index in [2.05, 4.69) is 16.9 Å². The maximum Gasteiger partial charge on any atom is 0.157 e. The molecule has 0 fully saturated rings. The zero-order valence-corrected chi connectivity index (χ0v) is 10.5. The summed E-state index contributed by atoms with van der Waals surface area (Å²) in [5.41, 5.74) is 6.53. The Morgan fingerprint density at radius 1 is 1.35 bits per heavy atom. The van der Waals surface area contributed by atoms with Crippen LogP contribution >= 0.6 is 11.6 Å². The van der Waals surface area contributed by atoms with Gasteiger partial charge in [-0.15, -0.1) is 0 Å². The van der Waals surface area contributed by atoms with Gasteiger partial charge in [-0.3, -0.25) is 4.57 Å². The third-order valence-corrected chi connectivity index (χ3v) is 3.00. The number of hydrogen-bond acceptors (Lipinski definition) is 3. The molecule has 2 N–H and O–H groups in total. The van der Waals surface area contributed by atoms with Crippen LogP contribution in [0.15, 0.2) is 24.7 Å². The van der Waals surface area contributed by atoms with Crippen molar-refractivity contribution in [1.29, 1.82) is 0 Å². The van der Waals surface area contributed by atoms with E-state index in [1.807, 2.05) is 16.8 Å². The third kappa shape index (κ3) is 2.33. The first-order chi connectivity index (χ1) is 8.27. The summed E-state index contributed by atoms with van der Waals surface area (Å²) in [6.07, 6.45) is 7.29. The number of aromatic nitrogens is 3. The summed E-state index contributed by atoms with van der Waals surface area (Å²) >= 11 is 6.28. The predicted octanol–water partition coefficient (Wildman–Crippen LogP) is 2.33. The van der Waals surface area contributed by atoms with Gasteiger partial charge in [-0.25, -0.2) is 9.97 Å². The van der Waals surface area contributed by atoms with Gasteiger partial charge < -0.3 is 5.73 Å². The minimum absolute atomic E-state index is 0.409. The SMILES string of the molecule is CCCc1nccn1-c1nccc(CN)c1Cl. The predicted molar refractivity (Wildman–Crippen MR) is 68.3 cm³/mol. The maximum absolute atomic E-state index is 6.28. The van der Waals surface area contributed by atoms with Crippen molar-refractivity contribution in [1.82, 2.24) is 14.5 Å². The Balaban J connectivity index is 2.49. The summed E-state index contributed by atoms with van der Waals surface area (Å²) < 4.78 is 1.92. The van der Waals surface area contributed by atoms with E-state index >= 15 is 0 Å². The molecular formula is C12H15ClN4. The average molecular weight is 251 g/mol. The van der Waals surface area contributed by atoms with Crippen LogP contribution in [-0.2, 0) is 13.0 Å². The number of rotatable bonds is 4. The van der Waals surface area contributed by atoms with Crippen LogP contribution in [0.5, 0.6) is 0 Å². The number of pyridine rings is 1. The molecule has 5 heteroatoms. The minimum atomic E-state index is 0.409. The first-order valence-electron chi connectivity index (χ1n) is 5.64. The van der Waals surface area contributed by atoms with Crippen LogP contribution in [0.2, 0.25) is 5.02 Å². The summed E-state index contributed by atoms with van der Waals surface area (Å²) in [5, 5.41) is 0.602. The summed E-state index contributed by atoms with van der Waals surface area (Å²) in [6, 6.07) is 1.84. The van der Waals surface area contributed by atoms with Gasteiger partial charge in [0.2, 0.25) is 0 Å². The van der Waals surface area contributed by atoms with Gasteiger partial charge in [-0.05, 0) is 18.1 Å². The second-order valence-corrected chi connectivity index (χ2v) is 4.15.